The van der Waals surface area contributed by atoms with Gasteiger partial charge in [-0.2, -0.15) is 0 Å². The second kappa shape index (κ2) is 10.3. The molecular weight excluding hydrogens is 420 g/mol. The van der Waals surface area contributed by atoms with Gasteiger partial charge < -0.3 is 9.80 Å². The monoisotopic (exact) mass is 450 g/mol. The molecule has 0 saturated carbocycles. The van der Waals surface area contributed by atoms with Crippen molar-refractivity contribution in [2.45, 2.75) is 37.1 Å². The summed E-state index contributed by atoms with van der Waals surface area (Å²) in [4.78, 5) is 35.1. The van der Waals surface area contributed by atoms with E-state index in [0.717, 1.165) is 38.3 Å². The number of hydrogen-bond acceptors (Lipinski definition) is 5. The zero-order valence-electron chi connectivity index (χ0n) is 18.7. The number of benzene rings is 2. The van der Waals surface area contributed by atoms with E-state index in [2.05, 4.69) is 18.7 Å². The summed E-state index contributed by atoms with van der Waals surface area (Å²) in [7, 11) is 0. The molecule has 32 heavy (non-hydrogen) atoms. The van der Waals surface area contributed by atoms with Crippen LogP contribution in [0.4, 0.5) is 0 Å². The number of carbonyl (C=O) groups is 1. The molecule has 2 heterocycles. The van der Waals surface area contributed by atoms with E-state index in [1.165, 1.54) is 0 Å². The fourth-order valence-corrected chi connectivity index (χ4v) is 5.47. The van der Waals surface area contributed by atoms with Crippen LogP contribution in [0.5, 0.6) is 0 Å². The SMILES string of the molecule is CCN(CC)CC(CN1CCCC1=O)Sc1nc2ccccc2c(=O)n1-c1ccccc1. The van der Waals surface area contributed by atoms with Crippen LogP contribution in [-0.4, -0.2) is 63.2 Å². The van der Waals surface area contributed by atoms with E-state index in [1.54, 1.807) is 16.3 Å². The van der Waals surface area contributed by atoms with Gasteiger partial charge in [-0.3, -0.25) is 14.2 Å². The number of thioether (sulfide) groups is 1. The van der Waals surface area contributed by atoms with Crippen molar-refractivity contribution in [1.82, 2.24) is 19.4 Å². The molecule has 1 fully saturated rings. The maximum Gasteiger partial charge on any atom is 0.266 e. The molecule has 1 aliphatic rings. The number of rotatable bonds is 9. The molecule has 0 aliphatic carbocycles. The van der Waals surface area contributed by atoms with Crippen molar-refractivity contribution in [3.05, 3.63) is 65.0 Å². The van der Waals surface area contributed by atoms with Crippen LogP contribution in [0.25, 0.3) is 16.6 Å². The largest absolute Gasteiger partial charge is 0.342 e. The van der Waals surface area contributed by atoms with Gasteiger partial charge in [0.25, 0.3) is 5.56 Å². The van der Waals surface area contributed by atoms with E-state index in [1.807, 2.05) is 59.5 Å². The summed E-state index contributed by atoms with van der Waals surface area (Å²) in [6.45, 7) is 8.50. The lowest BCUT2D eigenvalue weighted by atomic mass is 10.2. The van der Waals surface area contributed by atoms with Crippen molar-refractivity contribution in [1.29, 1.82) is 0 Å². The first-order valence-electron chi connectivity index (χ1n) is 11.3. The number of likely N-dealkylation sites (tertiary alicyclic amines) is 1. The van der Waals surface area contributed by atoms with Crippen LogP contribution >= 0.6 is 11.8 Å². The summed E-state index contributed by atoms with van der Waals surface area (Å²) < 4.78 is 1.72. The molecule has 2 aromatic carbocycles. The van der Waals surface area contributed by atoms with Gasteiger partial charge in [0.15, 0.2) is 5.16 Å². The normalized spacial score (nSPS) is 15.1. The standard InChI is InChI=1S/C25H30N4O2S/c1-3-27(4-2)17-20(18-28-16-10-15-23(28)30)32-25-26-22-14-9-8-13-21(22)24(31)29(25)19-11-6-5-7-12-19/h5-9,11-14,20H,3-4,10,15-18H2,1-2H3. The molecule has 7 heteroatoms. The van der Waals surface area contributed by atoms with Crippen molar-refractivity contribution in [3.8, 4) is 5.69 Å². The number of fused-ring (bicyclic) bond motifs is 1. The zero-order valence-corrected chi connectivity index (χ0v) is 19.6. The van der Waals surface area contributed by atoms with E-state index >= 15 is 0 Å². The van der Waals surface area contributed by atoms with Gasteiger partial charge in [0, 0.05) is 31.3 Å². The van der Waals surface area contributed by atoms with Crippen LogP contribution in [0.3, 0.4) is 0 Å². The average Bonchev–Trinajstić information content (AvgIpc) is 3.22. The van der Waals surface area contributed by atoms with Gasteiger partial charge in [0.1, 0.15) is 0 Å². The first-order chi connectivity index (χ1) is 15.6. The van der Waals surface area contributed by atoms with Gasteiger partial charge in [0.05, 0.1) is 16.6 Å². The van der Waals surface area contributed by atoms with E-state index in [9.17, 15) is 9.59 Å². The van der Waals surface area contributed by atoms with Crippen molar-refractivity contribution < 1.29 is 4.79 Å². The van der Waals surface area contributed by atoms with Gasteiger partial charge in [0.2, 0.25) is 5.91 Å². The molecule has 0 N–H and O–H groups in total. The molecule has 3 aromatic rings. The highest BCUT2D eigenvalue weighted by molar-refractivity contribution is 7.99. The molecule has 1 aromatic heterocycles. The van der Waals surface area contributed by atoms with E-state index in [4.69, 9.17) is 4.98 Å². The second-order valence-corrected chi connectivity index (χ2v) is 9.32. The topological polar surface area (TPSA) is 58.4 Å². The number of carbonyl (C=O) groups excluding carboxylic acids is 1. The summed E-state index contributed by atoms with van der Waals surface area (Å²) in [5.74, 6) is 0.224. The van der Waals surface area contributed by atoms with Gasteiger partial charge in [-0.1, -0.05) is 55.9 Å². The predicted molar refractivity (Wildman–Crippen MR) is 131 cm³/mol. The highest BCUT2D eigenvalue weighted by Gasteiger charge is 2.26. The Hall–Kier alpha value is -2.64. The predicted octanol–water partition coefficient (Wildman–Crippen LogP) is 3.81. The van der Waals surface area contributed by atoms with E-state index in [-0.39, 0.29) is 16.7 Å². The lowest BCUT2D eigenvalue weighted by Gasteiger charge is -2.28. The Morgan fingerprint density at radius 1 is 1.03 bits per heavy atom. The Kier molecular flexibility index (Phi) is 7.27. The Labute approximate surface area is 193 Å². The second-order valence-electron chi connectivity index (χ2n) is 8.06. The van der Waals surface area contributed by atoms with Crippen molar-refractivity contribution >= 4 is 28.6 Å². The molecule has 168 valence electrons. The van der Waals surface area contributed by atoms with Crippen LogP contribution in [0.2, 0.25) is 0 Å². The molecule has 1 atom stereocenters. The van der Waals surface area contributed by atoms with Crippen LogP contribution < -0.4 is 5.56 Å². The third-order valence-electron chi connectivity index (χ3n) is 5.98. The van der Waals surface area contributed by atoms with Crippen molar-refractivity contribution in [2.24, 2.45) is 0 Å². The Morgan fingerprint density at radius 2 is 1.75 bits per heavy atom. The van der Waals surface area contributed by atoms with Crippen LogP contribution in [0.1, 0.15) is 26.7 Å². The number of hydrogen-bond donors (Lipinski definition) is 0. The van der Waals surface area contributed by atoms with Gasteiger partial charge in [-0.05, 0) is 43.8 Å². The third kappa shape index (κ3) is 4.89. The number of para-hydroxylation sites is 2. The fourth-order valence-electron chi connectivity index (χ4n) is 4.19. The van der Waals surface area contributed by atoms with Gasteiger partial charge in [-0.25, -0.2) is 4.98 Å². The summed E-state index contributed by atoms with van der Waals surface area (Å²) >= 11 is 1.60. The number of nitrogens with zero attached hydrogens (tertiary/aromatic N) is 4. The minimum atomic E-state index is -0.0665. The van der Waals surface area contributed by atoms with Crippen molar-refractivity contribution in [2.75, 3.05) is 32.7 Å². The quantitative estimate of drug-likeness (QED) is 0.367. The highest BCUT2D eigenvalue weighted by atomic mass is 32.2. The third-order valence-corrected chi connectivity index (χ3v) is 7.10. The Balaban J connectivity index is 1.76. The molecule has 1 unspecified atom stereocenters. The molecule has 6 nitrogen and oxygen atoms in total. The molecule has 1 amide bonds. The minimum absolute atomic E-state index is 0.0665. The smallest absolute Gasteiger partial charge is 0.266 e. The fraction of sp³-hybridized carbons (Fsp3) is 0.400. The molecule has 4 rings (SSSR count). The Morgan fingerprint density at radius 3 is 2.44 bits per heavy atom. The van der Waals surface area contributed by atoms with Crippen LogP contribution in [-0.2, 0) is 4.79 Å². The first kappa shape index (κ1) is 22.6. The number of amides is 1. The molecule has 0 spiro atoms. The van der Waals surface area contributed by atoms with E-state index < -0.39 is 0 Å². The summed E-state index contributed by atoms with van der Waals surface area (Å²) in [5, 5.41) is 1.39. The molecular formula is C25H30N4O2S. The summed E-state index contributed by atoms with van der Waals surface area (Å²) in [5.41, 5.74) is 1.44. The molecule has 1 aliphatic heterocycles. The Bertz CT molecular complexity index is 1130. The van der Waals surface area contributed by atoms with Crippen LogP contribution in [0, 0.1) is 0 Å². The zero-order chi connectivity index (χ0) is 22.5. The van der Waals surface area contributed by atoms with Crippen LogP contribution in [0.15, 0.2) is 64.5 Å². The van der Waals surface area contributed by atoms with Gasteiger partial charge >= 0.3 is 0 Å². The lowest BCUT2D eigenvalue weighted by Crippen LogP contribution is -2.39. The molecule has 0 bridgehead atoms. The summed E-state index contributed by atoms with van der Waals surface area (Å²) in [6, 6.07) is 17.2. The lowest BCUT2D eigenvalue weighted by molar-refractivity contribution is -0.127. The average molecular weight is 451 g/mol. The van der Waals surface area contributed by atoms with Crippen molar-refractivity contribution in [3.63, 3.8) is 0 Å². The van der Waals surface area contributed by atoms with Gasteiger partial charge in [-0.15, -0.1) is 0 Å². The summed E-state index contributed by atoms with van der Waals surface area (Å²) in [6.07, 6.45) is 1.55. The highest BCUT2D eigenvalue weighted by Crippen LogP contribution is 2.27. The molecule has 1 saturated heterocycles. The first-order valence-corrected chi connectivity index (χ1v) is 12.2. The maximum atomic E-state index is 13.5. The number of aromatic nitrogens is 2. The minimum Gasteiger partial charge on any atom is -0.342 e. The molecule has 0 radical (unpaired) electrons. The maximum absolute atomic E-state index is 13.5. The van der Waals surface area contributed by atoms with E-state index in [0.29, 0.717) is 29.0 Å².